The third-order valence-corrected chi connectivity index (χ3v) is 4.60. The molecule has 5 nitrogen and oxygen atoms in total. The molecule has 2 amide bonds. The molecule has 0 aromatic heterocycles. The number of anilines is 1. The average molecular weight is 317 g/mol. The van der Waals surface area contributed by atoms with Gasteiger partial charge < -0.3 is 16.0 Å². The normalized spacial score (nSPS) is 19.3. The minimum Gasteiger partial charge on any atom is -0.336 e. The highest BCUT2D eigenvalue weighted by atomic mass is 16.2. The number of aryl methyl sites for hydroxylation is 1. The zero-order valence-electron chi connectivity index (χ0n) is 14.3. The Hall–Kier alpha value is -1.88. The smallest absolute Gasteiger partial charge is 0.254 e. The molecule has 1 aliphatic rings. The standard InChI is InChI=1S/C18H27N3O2/c1-12-10-15(18(23)21-9-5-4-6-14(21)3)7-8-16(12)20-17(22)13(2)11-19/h7-8,10,13-14H,4-6,9,11,19H2,1-3H3,(H,20,22). The zero-order chi connectivity index (χ0) is 17.0. The van der Waals surface area contributed by atoms with E-state index in [1.54, 1.807) is 19.1 Å². The van der Waals surface area contributed by atoms with Crippen molar-refractivity contribution in [1.29, 1.82) is 0 Å². The highest BCUT2D eigenvalue weighted by Gasteiger charge is 2.24. The third-order valence-electron chi connectivity index (χ3n) is 4.60. The monoisotopic (exact) mass is 317 g/mol. The van der Waals surface area contributed by atoms with Crippen molar-refractivity contribution in [3.05, 3.63) is 29.3 Å². The van der Waals surface area contributed by atoms with Crippen LogP contribution in [0, 0.1) is 12.8 Å². The minimum atomic E-state index is -0.232. The Morgan fingerprint density at radius 3 is 2.74 bits per heavy atom. The molecule has 0 radical (unpaired) electrons. The van der Waals surface area contributed by atoms with Gasteiger partial charge in [0.1, 0.15) is 0 Å². The number of benzene rings is 1. The van der Waals surface area contributed by atoms with E-state index in [0.717, 1.165) is 30.6 Å². The number of carbonyl (C=O) groups is 2. The Labute approximate surface area is 138 Å². The number of rotatable bonds is 4. The van der Waals surface area contributed by atoms with Gasteiger partial charge in [-0.3, -0.25) is 9.59 Å². The van der Waals surface area contributed by atoms with Gasteiger partial charge in [0.25, 0.3) is 5.91 Å². The van der Waals surface area contributed by atoms with Gasteiger partial charge in [-0.15, -0.1) is 0 Å². The fourth-order valence-electron chi connectivity index (χ4n) is 2.87. The summed E-state index contributed by atoms with van der Waals surface area (Å²) in [7, 11) is 0. The second-order valence-corrected chi connectivity index (χ2v) is 6.50. The third kappa shape index (κ3) is 4.10. The van der Waals surface area contributed by atoms with Crippen LogP contribution in [0.2, 0.25) is 0 Å². The molecule has 2 unspecified atom stereocenters. The summed E-state index contributed by atoms with van der Waals surface area (Å²) in [5.74, 6) is -0.252. The predicted octanol–water partition coefficient (Wildman–Crippen LogP) is 2.54. The molecule has 0 spiro atoms. The van der Waals surface area contributed by atoms with Gasteiger partial charge in [0, 0.05) is 36.3 Å². The molecule has 1 aromatic carbocycles. The van der Waals surface area contributed by atoms with Crippen molar-refractivity contribution < 1.29 is 9.59 Å². The largest absolute Gasteiger partial charge is 0.336 e. The van der Waals surface area contributed by atoms with Crippen molar-refractivity contribution in [2.45, 2.75) is 46.1 Å². The number of hydrogen-bond donors (Lipinski definition) is 2. The van der Waals surface area contributed by atoms with Crippen molar-refractivity contribution in [2.75, 3.05) is 18.4 Å². The first-order valence-corrected chi connectivity index (χ1v) is 8.36. The van der Waals surface area contributed by atoms with Crippen LogP contribution in [0.1, 0.15) is 49.0 Å². The molecule has 1 fully saturated rings. The van der Waals surface area contributed by atoms with Crippen LogP contribution in [0.5, 0.6) is 0 Å². The summed E-state index contributed by atoms with van der Waals surface area (Å²) in [6, 6.07) is 5.74. The maximum Gasteiger partial charge on any atom is 0.254 e. The molecular formula is C18H27N3O2. The Morgan fingerprint density at radius 1 is 1.39 bits per heavy atom. The molecule has 0 saturated carbocycles. The van der Waals surface area contributed by atoms with Crippen molar-refractivity contribution in [1.82, 2.24) is 4.90 Å². The lowest BCUT2D eigenvalue weighted by atomic mass is 10.0. The van der Waals surface area contributed by atoms with E-state index in [1.807, 2.05) is 17.9 Å². The van der Waals surface area contributed by atoms with Crippen molar-refractivity contribution >= 4 is 17.5 Å². The highest BCUT2D eigenvalue weighted by molar-refractivity contribution is 5.97. The molecule has 0 bridgehead atoms. The zero-order valence-corrected chi connectivity index (χ0v) is 14.3. The second-order valence-electron chi connectivity index (χ2n) is 6.50. The Morgan fingerprint density at radius 2 is 2.13 bits per heavy atom. The molecule has 5 heteroatoms. The first kappa shape index (κ1) is 17.5. The molecule has 1 heterocycles. The average Bonchev–Trinajstić information content (AvgIpc) is 2.55. The van der Waals surface area contributed by atoms with Crippen LogP contribution < -0.4 is 11.1 Å². The lowest BCUT2D eigenvalue weighted by Gasteiger charge is -2.33. The topological polar surface area (TPSA) is 75.4 Å². The van der Waals surface area contributed by atoms with Gasteiger partial charge in [0.05, 0.1) is 0 Å². The molecule has 1 aliphatic heterocycles. The molecule has 126 valence electrons. The lowest BCUT2D eigenvalue weighted by Crippen LogP contribution is -2.42. The molecule has 2 atom stereocenters. The number of nitrogens with one attached hydrogen (secondary N) is 1. The second kappa shape index (κ2) is 7.59. The van der Waals surface area contributed by atoms with Crippen molar-refractivity contribution in [3.8, 4) is 0 Å². The van der Waals surface area contributed by atoms with Crippen molar-refractivity contribution in [2.24, 2.45) is 11.7 Å². The quantitative estimate of drug-likeness (QED) is 0.896. The van der Waals surface area contributed by atoms with E-state index >= 15 is 0 Å². The molecular weight excluding hydrogens is 290 g/mol. The maximum atomic E-state index is 12.7. The SMILES string of the molecule is Cc1cc(C(=O)N2CCCCC2C)ccc1NC(=O)C(C)CN. The van der Waals surface area contributed by atoms with Gasteiger partial charge in [0.2, 0.25) is 5.91 Å². The summed E-state index contributed by atoms with van der Waals surface area (Å²) in [4.78, 5) is 26.6. The van der Waals surface area contributed by atoms with Gasteiger partial charge in [0.15, 0.2) is 0 Å². The van der Waals surface area contributed by atoms with Gasteiger partial charge in [-0.25, -0.2) is 0 Å². The summed E-state index contributed by atoms with van der Waals surface area (Å²) in [5.41, 5.74) is 7.82. The number of carbonyl (C=O) groups excluding carboxylic acids is 2. The Kier molecular flexibility index (Phi) is 5.77. The van der Waals surface area contributed by atoms with Gasteiger partial charge >= 0.3 is 0 Å². The number of likely N-dealkylation sites (tertiary alicyclic amines) is 1. The molecule has 3 N–H and O–H groups in total. The van der Waals surface area contributed by atoms with E-state index in [-0.39, 0.29) is 17.7 Å². The number of hydrogen-bond acceptors (Lipinski definition) is 3. The summed E-state index contributed by atoms with van der Waals surface area (Å²) in [6.07, 6.45) is 3.32. The van der Waals surface area contributed by atoms with Crippen LogP contribution in [0.15, 0.2) is 18.2 Å². The summed E-state index contributed by atoms with van der Waals surface area (Å²) < 4.78 is 0. The molecule has 1 aromatic rings. The van der Waals surface area contributed by atoms with Crippen LogP contribution in [0.25, 0.3) is 0 Å². The van der Waals surface area contributed by atoms with Crippen LogP contribution in [-0.2, 0) is 4.79 Å². The minimum absolute atomic E-state index is 0.0773. The Bertz CT molecular complexity index is 586. The van der Waals surface area contributed by atoms with Crippen LogP contribution >= 0.6 is 0 Å². The highest BCUT2D eigenvalue weighted by Crippen LogP contribution is 2.22. The molecule has 1 saturated heterocycles. The maximum absolute atomic E-state index is 12.7. The van der Waals surface area contributed by atoms with Crippen molar-refractivity contribution in [3.63, 3.8) is 0 Å². The number of amides is 2. The number of nitrogens with two attached hydrogens (primary N) is 1. The van der Waals surface area contributed by atoms with E-state index in [4.69, 9.17) is 5.73 Å². The van der Waals surface area contributed by atoms with Gasteiger partial charge in [-0.1, -0.05) is 6.92 Å². The fraction of sp³-hybridized carbons (Fsp3) is 0.556. The summed E-state index contributed by atoms with van der Waals surface area (Å²) in [6.45, 7) is 6.94. The van der Waals surface area contributed by atoms with E-state index in [1.165, 1.54) is 6.42 Å². The van der Waals surface area contributed by atoms with Crippen LogP contribution in [-0.4, -0.2) is 35.8 Å². The molecule has 0 aliphatic carbocycles. The predicted molar refractivity (Wildman–Crippen MR) is 92.4 cm³/mol. The first-order valence-electron chi connectivity index (χ1n) is 8.36. The lowest BCUT2D eigenvalue weighted by molar-refractivity contribution is -0.119. The van der Waals surface area contributed by atoms with Crippen LogP contribution in [0.4, 0.5) is 5.69 Å². The first-order chi connectivity index (χ1) is 10.9. The van der Waals surface area contributed by atoms with Gasteiger partial charge in [-0.2, -0.15) is 0 Å². The van der Waals surface area contributed by atoms with Crippen LogP contribution in [0.3, 0.4) is 0 Å². The molecule has 2 rings (SSSR count). The fourth-order valence-corrected chi connectivity index (χ4v) is 2.87. The van der Waals surface area contributed by atoms with E-state index in [9.17, 15) is 9.59 Å². The summed E-state index contributed by atoms with van der Waals surface area (Å²) in [5, 5.41) is 2.87. The van der Waals surface area contributed by atoms with E-state index in [2.05, 4.69) is 12.2 Å². The van der Waals surface area contributed by atoms with E-state index < -0.39 is 0 Å². The molecule has 23 heavy (non-hydrogen) atoms. The Balaban J connectivity index is 2.12. The summed E-state index contributed by atoms with van der Waals surface area (Å²) >= 11 is 0. The number of piperidine rings is 1. The van der Waals surface area contributed by atoms with Gasteiger partial charge in [-0.05, 0) is 56.9 Å². The number of nitrogens with zero attached hydrogens (tertiary/aromatic N) is 1. The van der Waals surface area contributed by atoms with E-state index in [0.29, 0.717) is 18.2 Å².